The van der Waals surface area contributed by atoms with Crippen molar-refractivity contribution in [2.45, 2.75) is 241 Å². The quantitative estimate of drug-likeness (QED) is 0.0417. The van der Waals surface area contributed by atoms with Gasteiger partial charge in [-0.2, -0.15) is 0 Å². The van der Waals surface area contributed by atoms with Crippen molar-refractivity contribution < 1.29 is 38.7 Å². The van der Waals surface area contributed by atoms with Crippen LogP contribution in [0.4, 0.5) is 0 Å². The Balaban J connectivity index is 0.884. The molecule has 11 atom stereocenters. The number of allylic oxidation sites excluding steroid dienone is 1. The first-order chi connectivity index (χ1) is 29.5. The van der Waals surface area contributed by atoms with Crippen molar-refractivity contribution in [1.82, 2.24) is 15.1 Å². The Hall–Kier alpha value is -2.33. The lowest BCUT2D eigenvalue weighted by molar-refractivity contribution is -0.325. The molecule has 61 heavy (non-hydrogen) atoms. The second-order valence-electron chi connectivity index (χ2n) is 19.1. The summed E-state index contributed by atoms with van der Waals surface area (Å²) in [6.07, 6.45) is 25.8. The second-order valence-corrected chi connectivity index (χ2v) is 19.1. The van der Waals surface area contributed by atoms with E-state index in [1.165, 1.54) is 37.0 Å². The van der Waals surface area contributed by atoms with Crippen molar-refractivity contribution in [1.29, 1.82) is 0 Å². The summed E-state index contributed by atoms with van der Waals surface area (Å²) in [6, 6.07) is 0.299. The first-order valence-electron chi connectivity index (χ1n) is 24.7. The monoisotopic (exact) mass is 859 g/mol. The number of carbonyl (C=O) groups excluding carboxylic acids is 2. The largest absolute Gasteiger partial charge is 0.462 e. The van der Waals surface area contributed by atoms with Gasteiger partial charge in [-0.3, -0.25) is 9.59 Å². The number of nitrogens with zero attached hydrogens (tertiary/aromatic N) is 3. The third-order valence-corrected chi connectivity index (χ3v) is 14.4. The number of morpholine rings is 1. The number of carbonyl (C=O) groups is 2. The molecule has 6 aliphatic heterocycles. The molecule has 348 valence electrons. The van der Waals surface area contributed by atoms with Crippen LogP contribution in [-0.4, -0.2) is 117 Å². The Kier molecular flexibility index (Phi) is 17.8. The number of rotatable bonds is 24. The molecule has 14 heteroatoms. The first-order valence-corrected chi connectivity index (χ1v) is 24.7. The van der Waals surface area contributed by atoms with Crippen LogP contribution in [0.5, 0.6) is 0 Å². The Morgan fingerprint density at radius 2 is 1.67 bits per heavy atom. The molecule has 0 aromatic rings. The zero-order valence-corrected chi connectivity index (χ0v) is 37.9. The van der Waals surface area contributed by atoms with Gasteiger partial charge in [0, 0.05) is 25.4 Å². The fourth-order valence-electron chi connectivity index (χ4n) is 11.2. The van der Waals surface area contributed by atoms with E-state index in [0.717, 1.165) is 115 Å². The standard InChI is InChI=1S/C47H82N6O8/c1-4-6-21-37-26-28-45(60-37)33-35-24-25-38-40(46(27-18-20-34(3)59-46)51-44(50-45)53(35)38)42(55)58-36(5-2)22-16-14-12-10-8-7-9-11-13-15-17-23-39-41(54)52(32-19-30-48)43(56)47(57,61-39)29-31-49/h6,21,34-40,43,56-57H,4-5,7-20,22-33,48-49H2,1-3H3,(H,50,51)/b21-6-/t34-,35+,36?,37+,38-,39-,40-,43-,45+,46-,47+/m0/s1. The minimum Gasteiger partial charge on any atom is -0.462 e. The van der Waals surface area contributed by atoms with Gasteiger partial charge in [0.15, 0.2) is 17.9 Å². The summed E-state index contributed by atoms with van der Waals surface area (Å²) in [6.45, 7) is 7.20. The van der Waals surface area contributed by atoms with Crippen LogP contribution in [-0.2, 0) is 28.5 Å². The summed E-state index contributed by atoms with van der Waals surface area (Å²) >= 11 is 0. The number of ether oxygens (including phenoxy) is 4. The van der Waals surface area contributed by atoms with Crippen LogP contribution >= 0.6 is 0 Å². The summed E-state index contributed by atoms with van der Waals surface area (Å²) in [5.41, 5.74) is 9.97. The molecule has 14 nitrogen and oxygen atoms in total. The van der Waals surface area contributed by atoms with E-state index in [4.69, 9.17) is 35.4 Å². The van der Waals surface area contributed by atoms with E-state index in [1.54, 1.807) is 0 Å². The highest BCUT2D eigenvalue weighted by Crippen LogP contribution is 2.51. The molecular formula is C47H82N6O8. The zero-order chi connectivity index (χ0) is 43.5. The summed E-state index contributed by atoms with van der Waals surface area (Å²) in [5, 5.41) is 25.3. The fraction of sp³-hybridized carbons (Fsp3) is 0.894. The molecule has 0 bridgehead atoms. The molecule has 6 rings (SSSR count). The molecule has 0 aromatic carbocycles. The van der Waals surface area contributed by atoms with Gasteiger partial charge < -0.3 is 55.7 Å². The number of aliphatic imine (C=N–C) groups is 1. The predicted octanol–water partition coefficient (Wildman–Crippen LogP) is 6.25. The minimum absolute atomic E-state index is 0.00939. The highest BCUT2D eigenvalue weighted by molar-refractivity contribution is 5.87. The molecule has 6 heterocycles. The van der Waals surface area contributed by atoms with Crippen LogP contribution in [0.3, 0.4) is 0 Å². The van der Waals surface area contributed by atoms with Gasteiger partial charge >= 0.3 is 5.97 Å². The van der Waals surface area contributed by atoms with Gasteiger partial charge in [0.2, 0.25) is 5.79 Å². The van der Waals surface area contributed by atoms with Gasteiger partial charge in [0.05, 0.1) is 18.2 Å². The van der Waals surface area contributed by atoms with Crippen molar-refractivity contribution in [3.8, 4) is 0 Å². The van der Waals surface area contributed by atoms with E-state index in [-0.39, 0.29) is 61.8 Å². The zero-order valence-electron chi connectivity index (χ0n) is 37.9. The Morgan fingerprint density at radius 1 is 0.951 bits per heavy atom. The van der Waals surface area contributed by atoms with E-state index in [9.17, 15) is 19.8 Å². The first kappa shape index (κ1) is 48.1. The van der Waals surface area contributed by atoms with E-state index >= 15 is 0 Å². The molecule has 2 spiro atoms. The number of hydrogen-bond donors (Lipinski definition) is 5. The van der Waals surface area contributed by atoms with Crippen molar-refractivity contribution >= 4 is 17.8 Å². The van der Waals surface area contributed by atoms with Crippen LogP contribution in [0.15, 0.2) is 17.1 Å². The molecule has 7 N–H and O–H groups in total. The van der Waals surface area contributed by atoms with Gasteiger partial charge in [0.1, 0.15) is 23.9 Å². The lowest BCUT2D eigenvalue weighted by Crippen LogP contribution is -2.70. The highest BCUT2D eigenvalue weighted by atomic mass is 16.7. The van der Waals surface area contributed by atoms with Crippen molar-refractivity contribution in [2.75, 3.05) is 19.6 Å². The number of aliphatic hydroxyl groups is 2. The predicted molar refractivity (Wildman–Crippen MR) is 236 cm³/mol. The van der Waals surface area contributed by atoms with Gasteiger partial charge in [-0.05, 0) is 103 Å². The maximum atomic E-state index is 14.4. The third kappa shape index (κ3) is 11.7. The number of aliphatic hydroxyl groups excluding tert-OH is 1. The molecular weight excluding hydrogens is 777 g/mol. The van der Waals surface area contributed by atoms with Crippen LogP contribution in [0.1, 0.15) is 181 Å². The topological polar surface area (TPSA) is 194 Å². The fourth-order valence-corrected chi connectivity index (χ4v) is 11.2. The number of nitrogens with one attached hydrogen (secondary N) is 1. The number of nitrogens with two attached hydrogens (primary N) is 2. The summed E-state index contributed by atoms with van der Waals surface area (Å²) in [4.78, 5) is 36.5. The van der Waals surface area contributed by atoms with Crippen LogP contribution in [0.25, 0.3) is 0 Å². The van der Waals surface area contributed by atoms with Crippen molar-refractivity contribution in [2.24, 2.45) is 22.4 Å². The van der Waals surface area contributed by atoms with Gasteiger partial charge in [-0.1, -0.05) is 90.2 Å². The number of amides is 1. The average Bonchev–Trinajstić information content (AvgIpc) is 3.83. The highest BCUT2D eigenvalue weighted by Gasteiger charge is 2.62. The van der Waals surface area contributed by atoms with E-state index in [1.807, 2.05) is 0 Å². The molecule has 5 saturated heterocycles. The van der Waals surface area contributed by atoms with Crippen LogP contribution in [0, 0.1) is 5.92 Å². The second kappa shape index (κ2) is 22.5. The van der Waals surface area contributed by atoms with E-state index < -0.39 is 35.5 Å². The summed E-state index contributed by atoms with van der Waals surface area (Å²) < 4.78 is 25.7. The van der Waals surface area contributed by atoms with E-state index in [2.05, 4.69) is 43.1 Å². The van der Waals surface area contributed by atoms with Gasteiger partial charge in [0.25, 0.3) is 5.91 Å². The third-order valence-electron chi connectivity index (χ3n) is 14.4. The Bertz CT molecular complexity index is 1470. The van der Waals surface area contributed by atoms with E-state index in [0.29, 0.717) is 19.4 Å². The molecule has 0 aromatic heterocycles. The number of guanidine groups is 1. The van der Waals surface area contributed by atoms with Crippen LogP contribution in [0.2, 0.25) is 0 Å². The SMILES string of the molecule is CC/C=C\[C@@H]1CC[C@]2(C[C@H]3CC[C@H]4[C@@H](C(=O)OC(CC)CCCCCCCCCCCCC[C@@H]5O[C@](O)(CCN)[C@H](O)N(CCCN)C5=O)[C@@]5(CCC[C@H](C)O5)N=C(N2)N34)O1. The molecule has 5 fully saturated rings. The van der Waals surface area contributed by atoms with Crippen molar-refractivity contribution in [3.05, 3.63) is 12.2 Å². The molecule has 6 aliphatic rings. The average molecular weight is 859 g/mol. The Labute approximate surface area is 366 Å². The van der Waals surface area contributed by atoms with Crippen LogP contribution < -0.4 is 16.8 Å². The number of hydrogen-bond acceptors (Lipinski definition) is 13. The maximum Gasteiger partial charge on any atom is 0.316 e. The molecule has 1 unspecified atom stereocenters. The minimum atomic E-state index is -1.85. The molecule has 0 radical (unpaired) electrons. The molecule has 0 saturated carbocycles. The van der Waals surface area contributed by atoms with Gasteiger partial charge in [-0.15, -0.1) is 0 Å². The summed E-state index contributed by atoms with van der Waals surface area (Å²) in [5.74, 6) is -1.86. The number of unbranched alkanes of at least 4 members (excludes halogenated alkanes) is 10. The maximum absolute atomic E-state index is 14.4. The normalized spacial score (nSPS) is 35.2. The van der Waals surface area contributed by atoms with Gasteiger partial charge in [-0.25, -0.2) is 4.99 Å². The lowest BCUT2D eigenvalue weighted by Gasteiger charge is -2.54. The smallest absolute Gasteiger partial charge is 0.316 e. The molecule has 1 amide bonds. The lowest BCUT2D eigenvalue weighted by atomic mass is 9.80. The number of esters is 1. The Morgan fingerprint density at radius 3 is 2.34 bits per heavy atom. The summed E-state index contributed by atoms with van der Waals surface area (Å²) in [7, 11) is 0. The molecule has 0 aliphatic carbocycles. The van der Waals surface area contributed by atoms with Crippen molar-refractivity contribution in [3.63, 3.8) is 0 Å².